The van der Waals surface area contributed by atoms with Crippen LogP contribution in [0, 0.1) is 0 Å². The highest BCUT2D eigenvalue weighted by Gasteiger charge is 2.25. The minimum absolute atomic E-state index is 0.0137. The molecule has 0 aliphatic heterocycles. The van der Waals surface area contributed by atoms with E-state index in [1.807, 2.05) is 13.8 Å². The second kappa shape index (κ2) is 8.54. The van der Waals surface area contributed by atoms with Gasteiger partial charge in [0.25, 0.3) is 0 Å². The van der Waals surface area contributed by atoms with Crippen LogP contribution in [0.15, 0.2) is 24.3 Å². The minimum atomic E-state index is -0.848. The summed E-state index contributed by atoms with van der Waals surface area (Å²) < 4.78 is 0. The summed E-state index contributed by atoms with van der Waals surface area (Å²) in [6.45, 7) is 5.75. The normalized spacial score (nSPS) is 11.1. The monoisotopic (exact) mass is 306 g/mol. The molecule has 0 saturated heterocycles. The molecule has 1 aromatic rings. The van der Waals surface area contributed by atoms with Crippen LogP contribution in [-0.2, 0) is 0 Å². The molecule has 5 nitrogen and oxygen atoms in total. The van der Waals surface area contributed by atoms with Crippen molar-refractivity contribution in [3.05, 3.63) is 29.8 Å². The number of carbonyl (C=O) groups excluding carboxylic acids is 2. The predicted octanol–water partition coefficient (Wildman–Crippen LogP) is 3.34. The van der Waals surface area contributed by atoms with Crippen molar-refractivity contribution in [1.82, 2.24) is 5.32 Å². The van der Waals surface area contributed by atoms with Gasteiger partial charge in [-0.15, -0.1) is 0 Å². The van der Waals surface area contributed by atoms with E-state index in [9.17, 15) is 14.7 Å². The molecule has 1 rings (SSSR count). The Balaban J connectivity index is 2.53. The van der Waals surface area contributed by atoms with Crippen LogP contribution in [0.2, 0.25) is 0 Å². The molecular weight excluding hydrogens is 280 g/mol. The van der Waals surface area contributed by atoms with Crippen LogP contribution in [0.5, 0.6) is 0 Å². The summed E-state index contributed by atoms with van der Waals surface area (Å²) >= 11 is 0. The van der Waals surface area contributed by atoms with Crippen LogP contribution >= 0.6 is 0 Å². The van der Waals surface area contributed by atoms with Gasteiger partial charge < -0.3 is 15.7 Å². The third kappa shape index (κ3) is 5.85. The summed E-state index contributed by atoms with van der Waals surface area (Å²) in [5, 5.41) is 15.8. The fourth-order valence-electron chi connectivity index (χ4n) is 2.44. The molecule has 0 spiro atoms. The lowest BCUT2D eigenvalue weighted by atomic mass is 9.93. The Labute approximate surface area is 132 Å². The van der Waals surface area contributed by atoms with Crippen LogP contribution in [-0.4, -0.2) is 29.1 Å². The van der Waals surface area contributed by atoms with Gasteiger partial charge in [0, 0.05) is 17.8 Å². The highest BCUT2D eigenvalue weighted by molar-refractivity contribution is 5.95. The van der Waals surface area contributed by atoms with Crippen LogP contribution in [0.25, 0.3) is 0 Å². The molecule has 0 aromatic heterocycles. The van der Waals surface area contributed by atoms with Crippen LogP contribution < -0.4 is 10.6 Å². The summed E-state index contributed by atoms with van der Waals surface area (Å²) in [5.41, 5.74) is 0.363. The third-order valence-electron chi connectivity index (χ3n) is 3.56. The molecule has 0 heterocycles. The number of anilines is 1. The summed E-state index contributed by atoms with van der Waals surface area (Å²) in [4.78, 5) is 23.1. The van der Waals surface area contributed by atoms with Crippen molar-refractivity contribution in [2.75, 3.05) is 11.9 Å². The molecule has 0 bridgehead atoms. The number of hydrogen-bond donors (Lipinski definition) is 3. The highest BCUT2D eigenvalue weighted by Crippen LogP contribution is 2.18. The van der Waals surface area contributed by atoms with E-state index in [2.05, 4.69) is 10.6 Å². The van der Waals surface area contributed by atoms with Gasteiger partial charge in [-0.1, -0.05) is 26.7 Å². The van der Waals surface area contributed by atoms with Crippen molar-refractivity contribution in [2.45, 2.75) is 52.1 Å². The molecule has 122 valence electrons. The van der Waals surface area contributed by atoms with Crippen molar-refractivity contribution >= 4 is 17.5 Å². The lowest BCUT2D eigenvalue weighted by Gasteiger charge is -2.27. The molecule has 0 aliphatic carbocycles. The van der Waals surface area contributed by atoms with Crippen molar-refractivity contribution in [2.24, 2.45) is 0 Å². The first-order chi connectivity index (χ1) is 10.4. The molecule has 0 radical (unpaired) electrons. The average molecular weight is 306 g/mol. The van der Waals surface area contributed by atoms with Gasteiger partial charge >= 0.3 is 6.03 Å². The first kappa shape index (κ1) is 18.2. The molecular formula is C17H26N2O3. The predicted molar refractivity (Wildman–Crippen MR) is 88.2 cm³/mol. The highest BCUT2D eigenvalue weighted by atomic mass is 16.3. The summed E-state index contributed by atoms with van der Waals surface area (Å²) in [6.07, 6.45) is 3.06. The Morgan fingerprint density at radius 3 is 2.09 bits per heavy atom. The van der Waals surface area contributed by atoms with E-state index in [0.717, 1.165) is 12.8 Å². The molecule has 0 atom stereocenters. The lowest BCUT2D eigenvalue weighted by Crippen LogP contribution is -2.44. The number of hydrogen-bond acceptors (Lipinski definition) is 3. The van der Waals surface area contributed by atoms with Gasteiger partial charge in [0.1, 0.15) is 0 Å². The van der Waals surface area contributed by atoms with Crippen LogP contribution in [0.4, 0.5) is 10.5 Å². The lowest BCUT2D eigenvalue weighted by molar-refractivity contribution is 0.0245. The maximum atomic E-state index is 11.9. The van der Waals surface area contributed by atoms with Crippen molar-refractivity contribution in [3.8, 4) is 0 Å². The zero-order chi connectivity index (χ0) is 16.6. The van der Waals surface area contributed by atoms with Crippen LogP contribution in [0.1, 0.15) is 56.8 Å². The van der Waals surface area contributed by atoms with E-state index < -0.39 is 5.60 Å². The van der Waals surface area contributed by atoms with Crippen LogP contribution in [0.3, 0.4) is 0 Å². The smallest absolute Gasteiger partial charge is 0.319 e. The number of amides is 2. The number of rotatable bonds is 8. The first-order valence-electron chi connectivity index (χ1n) is 7.78. The van der Waals surface area contributed by atoms with Crippen molar-refractivity contribution < 1.29 is 14.7 Å². The number of ketones is 1. The molecule has 5 heteroatoms. The van der Waals surface area contributed by atoms with E-state index >= 15 is 0 Å². The quantitative estimate of drug-likeness (QED) is 0.644. The van der Waals surface area contributed by atoms with Gasteiger partial charge in [-0.2, -0.15) is 0 Å². The maximum Gasteiger partial charge on any atom is 0.319 e. The van der Waals surface area contributed by atoms with E-state index in [0.29, 0.717) is 24.1 Å². The molecule has 0 aliphatic rings. The molecule has 0 fully saturated rings. The van der Waals surface area contributed by atoms with Crippen molar-refractivity contribution in [1.29, 1.82) is 0 Å². The largest absolute Gasteiger partial charge is 0.388 e. The van der Waals surface area contributed by atoms with Gasteiger partial charge in [0.15, 0.2) is 5.78 Å². The second-order valence-corrected chi connectivity index (χ2v) is 5.67. The molecule has 0 unspecified atom stereocenters. The summed E-state index contributed by atoms with van der Waals surface area (Å²) in [5.74, 6) is -0.0137. The zero-order valence-corrected chi connectivity index (χ0v) is 13.6. The van der Waals surface area contributed by atoms with Gasteiger partial charge in [-0.25, -0.2) is 4.79 Å². The number of aliphatic hydroxyl groups is 1. The summed E-state index contributed by atoms with van der Waals surface area (Å²) in [7, 11) is 0. The Morgan fingerprint density at radius 2 is 1.64 bits per heavy atom. The SMILES string of the molecule is CCCC(O)(CCC)CNC(=O)Nc1ccc(C(C)=O)cc1. The minimum Gasteiger partial charge on any atom is -0.388 e. The Morgan fingerprint density at radius 1 is 1.09 bits per heavy atom. The number of urea groups is 1. The average Bonchev–Trinajstić information content (AvgIpc) is 2.46. The first-order valence-corrected chi connectivity index (χ1v) is 7.78. The molecule has 3 N–H and O–H groups in total. The molecule has 22 heavy (non-hydrogen) atoms. The Bertz CT molecular complexity index is 491. The fraction of sp³-hybridized carbons (Fsp3) is 0.529. The zero-order valence-electron chi connectivity index (χ0n) is 13.6. The van der Waals surface area contributed by atoms with Gasteiger partial charge in [0.05, 0.1) is 5.60 Å². The van der Waals surface area contributed by atoms with Gasteiger partial charge in [-0.05, 0) is 44.0 Å². The molecule has 2 amide bonds. The number of Topliss-reactive ketones (excluding diaryl/α,β-unsaturated/α-hetero) is 1. The van der Waals surface area contributed by atoms with Crippen molar-refractivity contribution in [3.63, 3.8) is 0 Å². The fourth-order valence-corrected chi connectivity index (χ4v) is 2.44. The molecule has 0 saturated carbocycles. The summed E-state index contributed by atoms with van der Waals surface area (Å²) in [6, 6.07) is 6.34. The van der Waals surface area contributed by atoms with Gasteiger partial charge in [-0.3, -0.25) is 4.79 Å². The van der Waals surface area contributed by atoms with E-state index in [1.54, 1.807) is 24.3 Å². The van der Waals surface area contributed by atoms with E-state index in [1.165, 1.54) is 6.92 Å². The second-order valence-electron chi connectivity index (χ2n) is 5.67. The molecule has 1 aromatic carbocycles. The standard InChI is InChI=1S/C17H26N2O3/c1-4-10-17(22,11-5-2)12-18-16(21)19-15-8-6-14(7-9-15)13(3)20/h6-9,22H,4-5,10-12H2,1-3H3,(H2,18,19,21). The van der Waals surface area contributed by atoms with Gasteiger partial charge in [0.2, 0.25) is 0 Å². The number of carbonyl (C=O) groups is 2. The topological polar surface area (TPSA) is 78.4 Å². The van der Waals surface area contributed by atoms with E-state index in [-0.39, 0.29) is 18.4 Å². The maximum absolute atomic E-state index is 11.9. The number of nitrogens with one attached hydrogen (secondary N) is 2. The Hall–Kier alpha value is -1.88. The third-order valence-corrected chi connectivity index (χ3v) is 3.56. The number of benzene rings is 1. The van der Waals surface area contributed by atoms with E-state index in [4.69, 9.17) is 0 Å². The Kier molecular flexibility index (Phi) is 7.05.